The topological polar surface area (TPSA) is 47.7 Å². The Morgan fingerprint density at radius 3 is 2.47 bits per heavy atom. The number of methoxy groups -OCH3 is 1. The summed E-state index contributed by atoms with van der Waals surface area (Å²) in [4.78, 5) is 2.08. The molecule has 2 N–H and O–H groups in total. The number of rotatable bonds is 6. The van der Waals surface area contributed by atoms with E-state index in [1.807, 2.05) is 39.2 Å². The maximum absolute atomic E-state index is 5.95. The van der Waals surface area contributed by atoms with Crippen LogP contribution in [0.25, 0.3) is 0 Å². The van der Waals surface area contributed by atoms with Crippen LogP contribution >= 0.6 is 0 Å². The Hall–Kier alpha value is -1.26. The van der Waals surface area contributed by atoms with Gasteiger partial charge in [0.05, 0.1) is 12.7 Å². The Kier molecular flexibility index (Phi) is 5.25. The van der Waals surface area contributed by atoms with E-state index in [0.717, 1.165) is 23.6 Å². The number of nitrogens with zero attached hydrogens (tertiary/aromatic N) is 1. The average Bonchev–Trinajstić information content (AvgIpc) is 2.27. The molecule has 4 nitrogen and oxygen atoms in total. The fraction of sp³-hybridized carbons (Fsp3) is 0.538. The molecule has 0 aliphatic carbocycles. The summed E-state index contributed by atoms with van der Waals surface area (Å²) >= 11 is 0. The van der Waals surface area contributed by atoms with E-state index >= 15 is 0 Å². The van der Waals surface area contributed by atoms with E-state index in [1.54, 1.807) is 7.11 Å². The van der Waals surface area contributed by atoms with Crippen molar-refractivity contribution in [2.24, 2.45) is 5.73 Å². The van der Waals surface area contributed by atoms with Crippen molar-refractivity contribution in [3.8, 4) is 11.5 Å². The molecular weight excluding hydrogens is 216 g/mol. The second-order valence-corrected chi connectivity index (χ2v) is 4.31. The monoisotopic (exact) mass is 238 g/mol. The predicted octanol–water partition coefficient (Wildman–Crippen LogP) is 1.66. The van der Waals surface area contributed by atoms with Gasteiger partial charge in [0.1, 0.15) is 18.1 Å². The zero-order valence-electron chi connectivity index (χ0n) is 11.1. The number of hydrogen-bond acceptors (Lipinski definition) is 4. The first-order valence-corrected chi connectivity index (χ1v) is 5.76. The van der Waals surface area contributed by atoms with Crippen LogP contribution in [0.15, 0.2) is 18.2 Å². The summed E-state index contributed by atoms with van der Waals surface area (Å²) in [5.41, 5.74) is 6.88. The molecule has 0 saturated heterocycles. The minimum atomic E-state index is -0.111. The summed E-state index contributed by atoms with van der Waals surface area (Å²) < 4.78 is 11.1. The molecule has 1 aromatic rings. The third-order valence-corrected chi connectivity index (χ3v) is 2.50. The van der Waals surface area contributed by atoms with Crippen LogP contribution in [0.2, 0.25) is 0 Å². The van der Waals surface area contributed by atoms with E-state index in [0.29, 0.717) is 6.61 Å². The van der Waals surface area contributed by atoms with Crippen molar-refractivity contribution >= 4 is 0 Å². The molecule has 1 unspecified atom stereocenters. The molecule has 0 radical (unpaired) electrons. The molecule has 0 saturated carbocycles. The highest BCUT2D eigenvalue weighted by Crippen LogP contribution is 2.32. The first-order chi connectivity index (χ1) is 8.06. The van der Waals surface area contributed by atoms with Gasteiger partial charge in [0, 0.05) is 12.6 Å². The largest absolute Gasteiger partial charge is 0.496 e. The molecule has 0 aliphatic rings. The van der Waals surface area contributed by atoms with Crippen molar-refractivity contribution in [1.82, 2.24) is 4.90 Å². The van der Waals surface area contributed by atoms with Gasteiger partial charge < -0.3 is 20.1 Å². The maximum Gasteiger partial charge on any atom is 0.127 e. The Bertz CT molecular complexity index is 351. The van der Waals surface area contributed by atoms with E-state index in [1.165, 1.54) is 0 Å². The van der Waals surface area contributed by atoms with Crippen LogP contribution in [0.1, 0.15) is 18.5 Å². The van der Waals surface area contributed by atoms with Gasteiger partial charge in [-0.25, -0.2) is 0 Å². The molecule has 1 aromatic carbocycles. The Morgan fingerprint density at radius 2 is 1.94 bits per heavy atom. The minimum Gasteiger partial charge on any atom is -0.496 e. The van der Waals surface area contributed by atoms with E-state index in [-0.39, 0.29) is 6.04 Å². The molecule has 0 fully saturated rings. The fourth-order valence-electron chi connectivity index (χ4n) is 1.61. The second kappa shape index (κ2) is 6.47. The summed E-state index contributed by atoms with van der Waals surface area (Å²) in [6.45, 7) is 3.44. The highest BCUT2D eigenvalue weighted by atomic mass is 16.5. The molecule has 1 atom stereocenters. The second-order valence-electron chi connectivity index (χ2n) is 4.31. The molecule has 4 heteroatoms. The number of ether oxygens (including phenoxy) is 2. The lowest BCUT2D eigenvalue weighted by molar-refractivity contribution is 0.257. The minimum absolute atomic E-state index is 0.111. The van der Waals surface area contributed by atoms with Gasteiger partial charge in [-0.2, -0.15) is 0 Å². The zero-order valence-corrected chi connectivity index (χ0v) is 11.1. The summed E-state index contributed by atoms with van der Waals surface area (Å²) in [6.07, 6.45) is 0. The predicted molar refractivity (Wildman–Crippen MR) is 69.6 cm³/mol. The average molecular weight is 238 g/mol. The SMILES string of the molecule is COc1cccc(OCCN(C)C)c1C(C)N. The van der Waals surface area contributed by atoms with Crippen molar-refractivity contribution in [2.45, 2.75) is 13.0 Å². The van der Waals surface area contributed by atoms with Gasteiger partial charge in [-0.15, -0.1) is 0 Å². The van der Waals surface area contributed by atoms with Crippen LogP contribution < -0.4 is 15.2 Å². The molecule has 1 rings (SSSR count). The molecule has 0 spiro atoms. The van der Waals surface area contributed by atoms with Crippen molar-refractivity contribution < 1.29 is 9.47 Å². The summed E-state index contributed by atoms with van der Waals surface area (Å²) in [7, 11) is 5.67. The number of benzene rings is 1. The van der Waals surface area contributed by atoms with Crippen LogP contribution in [-0.2, 0) is 0 Å². The lowest BCUT2D eigenvalue weighted by Crippen LogP contribution is -2.20. The van der Waals surface area contributed by atoms with E-state index in [9.17, 15) is 0 Å². The van der Waals surface area contributed by atoms with Crippen LogP contribution in [0.3, 0.4) is 0 Å². The molecule has 0 bridgehead atoms. The van der Waals surface area contributed by atoms with Gasteiger partial charge in [0.25, 0.3) is 0 Å². The molecule has 0 amide bonds. The van der Waals surface area contributed by atoms with Crippen LogP contribution in [0.4, 0.5) is 0 Å². The molecule has 17 heavy (non-hydrogen) atoms. The van der Waals surface area contributed by atoms with Gasteiger partial charge in [0.15, 0.2) is 0 Å². The Balaban J connectivity index is 2.83. The summed E-state index contributed by atoms with van der Waals surface area (Å²) in [5.74, 6) is 1.59. The highest BCUT2D eigenvalue weighted by molar-refractivity contribution is 5.46. The number of likely N-dealkylation sites (N-methyl/N-ethyl adjacent to an activating group) is 1. The normalized spacial score (nSPS) is 12.6. The molecular formula is C13H22N2O2. The highest BCUT2D eigenvalue weighted by Gasteiger charge is 2.14. The van der Waals surface area contributed by atoms with Crippen molar-refractivity contribution in [2.75, 3.05) is 34.4 Å². The summed E-state index contributed by atoms with van der Waals surface area (Å²) in [6, 6.07) is 5.63. The van der Waals surface area contributed by atoms with Crippen molar-refractivity contribution in [3.05, 3.63) is 23.8 Å². The fourth-order valence-corrected chi connectivity index (χ4v) is 1.61. The lowest BCUT2D eigenvalue weighted by Gasteiger charge is -2.18. The first-order valence-electron chi connectivity index (χ1n) is 5.76. The standard InChI is InChI=1S/C13H22N2O2/c1-10(14)13-11(16-4)6-5-7-12(13)17-9-8-15(2)3/h5-7,10H,8-9,14H2,1-4H3. The van der Waals surface area contributed by atoms with Gasteiger partial charge in [-0.05, 0) is 33.2 Å². The Labute approximate surface area is 103 Å². The van der Waals surface area contributed by atoms with Gasteiger partial charge in [0.2, 0.25) is 0 Å². The lowest BCUT2D eigenvalue weighted by atomic mass is 10.1. The first kappa shape index (κ1) is 13.8. The van der Waals surface area contributed by atoms with Crippen LogP contribution in [0, 0.1) is 0 Å². The van der Waals surface area contributed by atoms with Gasteiger partial charge >= 0.3 is 0 Å². The quantitative estimate of drug-likeness (QED) is 0.818. The molecule has 0 aromatic heterocycles. The third kappa shape index (κ3) is 3.91. The zero-order chi connectivity index (χ0) is 12.8. The maximum atomic E-state index is 5.95. The van der Waals surface area contributed by atoms with Gasteiger partial charge in [-0.3, -0.25) is 0 Å². The third-order valence-electron chi connectivity index (χ3n) is 2.50. The molecule has 0 heterocycles. The number of hydrogen-bond donors (Lipinski definition) is 1. The van der Waals surface area contributed by atoms with Crippen molar-refractivity contribution in [1.29, 1.82) is 0 Å². The van der Waals surface area contributed by atoms with E-state index in [4.69, 9.17) is 15.2 Å². The van der Waals surface area contributed by atoms with E-state index in [2.05, 4.69) is 4.90 Å². The number of nitrogens with two attached hydrogens (primary N) is 1. The summed E-state index contributed by atoms with van der Waals surface area (Å²) in [5, 5.41) is 0. The van der Waals surface area contributed by atoms with Crippen molar-refractivity contribution in [3.63, 3.8) is 0 Å². The molecule has 0 aliphatic heterocycles. The Morgan fingerprint density at radius 1 is 1.29 bits per heavy atom. The van der Waals surface area contributed by atoms with Crippen LogP contribution in [0.5, 0.6) is 11.5 Å². The molecule has 96 valence electrons. The van der Waals surface area contributed by atoms with Gasteiger partial charge in [-0.1, -0.05) is 6.07 Å². The van der Waals surface area contributed by atoms with E-state index < -0.39 is 0 Å². The smallest absolute Gasteiger partial charge is 0.127 e. The van der Waals surface area contributed by atoms with Crippen LogP contribution in [-0.4, -0.2) is 39.3 Å².